The molecule has 6 nitrogen and oxygen atoms in total. The minimum absolute atomic E-state index is 0.0137. The second-order valence-corrected chi connectivity index (χ2v) is 6.68. The second kappa shape index (κ2) is 7.61. The Hall–Kier alpha value is -2.52. The third-order valence-corrected chi connectivity index (χ3v) is 4.78. The van der Waals surface area contributed by atoms with Gasteiger partial charge in [-0.1, -0.05) is 12.1 Å². The Kier molecular flexibility index (Phi) is 5.43. The van der Waals surface area contributed by atoms with Crippen LogP contribution in [0.2, 0.25) is 0 Å². The number of aryl methyl sites for hydroxylation is 1. The van der Waals surface area contributed by atoms with Crippen molar-refractivity contribution in [3.63, 3.8) is 0 Å². The van der Waals surface area contributed by atoms with Crippen LogP contribution < -0.4 is 0 Å². The summed E-state index contributed by atoms with van der Waals surface area (Å²) in [5, 5.41) is 11.1. The van der Waals surface area contributed by atoms with Gasteiger partial charge in [0, 0.05) is 19.5 Å². The number of alkyl halides is 3. The van der Waals surface area contributed by atoms with Crippen LogP contribution >= 0.6 is 0 Å². The Morgan fingerprint density at radius 1 is 1.30 bits per heavy atom. The van der Waals surface area contributed by atoms with Gasteiger partial charge in [0.1, 0.15) is 17.7 Å². The highest BCUT2D eigenvalue weighted by atomic mass is 19.4. The fraction of sp³-hybridized carbons (Fsp3) is 0.529. The van der Waals surface area contributed by atoms with Crippen LogP contribution in [0.25, 0.3) is 0 Å². The molecule has 1 aliphatic rings. The van der Waals surface area contributed by atoms with E-state index in [0.717, 1.165) is 0 Å². The number of hydrogen-bond acceptors (Lipinski definition) is 4. The van der Waals surface area contributed by atoms with Crippen LogP contribution in [0.4, 0.5) is 17.6 Å². The van der Waals surface area contributed by atoms with Crippen LogP contribution in [-0.4, -0.2) is 50.3 Å². The summed E-state index contributed by atoms with van der Waals surface area (Å²) in [4.78, 5) is 14.3. The van der Waals surface area contributed by atoms with Crippen molar-refractivity contribution in [2.75, 3.05) is 13.1 Å². The van der Waals surface area contributed by atoms with Crippen molar-refractivity contribution in [1.29, 1.82) is 0 Å². The molecule has 2 heterocycles. The van der Waals surface area contributed by atoms with Gasteiger partial charge in [-0.3, -0.25) is 4.79 Å². The summed E-state index contributed by atoms with van der Waals surface area (Å²) in [5.74, 6) is -2.04. The van der Waals surface area contributed by atoms with E-state index in [1.54, 1.807) is 6.92 Å². The van der Waals surface area contributed by atoms with Gasteiger partial charge < -0.3 is 4.90 Å². The van der Waals surface area contributed by atoms with Crippen molar-refractivity contribution in [2.24, 2.45) is 5.92 Å². The first-order valence-corrected chi connectivity index (χ1v) is 8.60. The molecule has 0 spiro atoms. The van der Waals surface area contributed by atoms with Gasteiger partial charge in [-0.2, -0.15) is 13.2 Å². The van der Waals surface area contributed by atoms with E-state index in [4.69, 9.17) is 0 Å². The van der Waals surface area contributed by atoms with Crippen molar-refractivity contribution in [1.82, 2.24) is 25.1 Å². The van der Waals surface area contributed by atoms with Crippen molar-refractivity contribution in [3.8, 4) is 0 Å². The number of amides is 1. The minimum Gasteiger partial charge on any atom is -0.340 e. The molecule has 1 aromatic heterocycles. The summed E-state index contributed by atoms with van der Waals surface area (Å²) in [6, 6.07) is 4.71. The zero-order valence-electron chi connectivity index (χ0n) is 14.7. The van der Waals surface area contributed by atoms with E-state index in [2.05, 4.69) is 15.5 Å². The van der Waals surface area contributed by atoms with Crippen molar-refractivity contribution >= 4 is 5.91 Å². The number of carbonyl (C=O) groups is 1. The van der Waals surface area contributed by atoms with Crippen LogP contribution in [0.15, 0.2) is 24.3 Å². The lowest BCUT2D eigenvalue weighted by Gasteiger charge is -2.35. The Morgan fingerprint density at radius 2 is 2.00 bits per heavy atom. The normalized spacial score (nSPS) is 19.1. The Labute approximate surface area is 153 Å². The van der Waals surface area contributed by atoms with Crippen molar-refractivity contribution in [3.05, 3.63) is 41.5 Å². The molecule has 0 aliphatic carbocycles. The summed E-state index contributed by atoms with van der Waals surface area (Å²) in [7, 11) is 0. The lowest BCUT2D eigenvalue weighted by Crippen LogP contribution is -2.47. The first-order valence-electron chi connectivity index (χ1n) is 8.60. The van der Waals surface area contributed by atoms with Gasteiger partial charge in [0.25, 0.3) is 0 Å². The van der Waals surface area contributed by atoms with E-state index in [1.165, 1.54) is 33.8 Å². The molecular weight excluding hydrogens is 366 g/mol. The zero-order chi connectivity index (χ0) is 19.6. The molecule has 1 aromatic carbocycles. The number of nitrogens with zero attached hydrogens (tertiary/aromatic N) is 5. The SMILES string of the molecule is Cc1nnnn1[C@H](Cc1ccc(F)cc1)C(=O)N1CCC[C@H](C(F)(F)F)C1. The Bertz CT molecular complexity index is 789. The first kappa shape index (κ1) is 19.2. The maximum absolute atomic E-state index is 13.1. The number of tetrazole rings is 1. The fourth-order valence-corrected chi connectivity index (χ4v) is 3.30. The van der Waals surface area contributed by atoms with Crippen LogP contribution in [-0.2, 0) is 11.2 Å². The number of piperidine rings is 1. The third kappa shape index (κ3) is 4.42. The van der Waals surface area contributed by atoms with Crippen LogP contribution in [0.1, 0.15) is 30.3 Å². The van der Waals surface area contributed by atoms with E-state index in [-0.39, 0.29) is 32.4 Å². The lowest BCUT2D eigenvalue weighted by atomic mass is 9.96. The van der Waals surface area contributed by atoms with E-state index in [1.807, 2.05) is 0 Å². The average molecular weight is 385 g/mol. The van der Waals surface area contributed by atoms with Crippen LogP contribution in [0.5, 0.6) is 0 Å². The number of likely N-dealkylation sites (tertiary alicyclic amines) is 1. The number of rotatable bonds is 4. The quantitative estimate of drug-likeness (QED) is 0.760. The van der Waals surface area contributed by atoms with Crippen LogP contribution in [0.3, 0.4) is 0 Å². The van der Waals surface area contributed by atoms with E-state index >= 15 is 0 Å². The lowest BCUT2D eigenvalue weighted by molar-refractivity contribution is -0.188. The molecule has 10 heteroatoms. The average Bonchev–Trinajstić information content (AvgIpc) is 3.06. The molecule has 0 radical (unpaired) electrons. The smallest absolute Gasteiger partial charge is 0.340 e. The predicted octanol–water partition coefficient (Wildman–Crippen LogP) is 2.71. The molecule has 27 heavy (non-hydrogen) atoms. The molecule has 3 rings (SSSR count). The molecule has 146 valence electrons. The molecule has 1 aliphatic heterocycles. The molecule has 1 amide bonds. The number of aromatic nitrogens is 4. The first-order chi connectivity index (χ1) is 12.8. The van der Waals surface area contributed by atoms with Crippen molar-refractivity contribution in [2.45, 2.75) is 38.4 Å². The largest absolute Gasteiger partial charge is 0.393 e. The van der Waals surface area contributed by atoms with Gasteiger partial charge in [0.05, 0.1) is 5.92 Å². The van der Waals surface area contributed by atoms with E-state index in [9.17, 15) is 22.4 Å². The highest BCUT2D eigenvalue weighted by molar-refractivity contribution is 5.81. The molecule has 2 aromatic rings. The summed E-state index contributed by atoms with van der Waals surface area (Å²) in [6.07, 6.45) is -3.89. The summed E-state index contributed by atoms with van der Waals surface area (Å²) in [5.41, 5.74) is 0.661. The van der Waals surface area contributed by atoms with Gasteiger partial charge in [-0.05, 0) is 47.9 Å². The molecule has 0 bridgehead atoms. The van der Waals surface area contributed by atoms with Gasteiger partial charge >= 0.3 is 6.18 Å². The number of halogens is 4. The third-order valence-electron chi connectivity index (χ3n) is 4.78. The summed E-state index contributed by atoms with van der Waals surface area (Å²) < 4.78 is 53.7. The minimum atomic E-state index is -4.34. The second-order valence-electron chi connectivity index (χ2n) is 6.68. The molecular formula is C17H19F4N5O. The number of benzene rings is 1. The van der Waals surface area contributed by atoms with E-state index in [0.29, 0.717) is 11.4 Å². The van der Waals surface area contributed by atoms with Gasteiger partial charge in [0.15, 0.2) is 0 Å². The zero-order valence-corrected chi connectivity index (χ0v) is 14.7. The topological polar surface area (TPSA) is 63.9 Å². The van der Waals surface area contributed by atoms with Crippen molar-refractivity contribution < 1.29 is 22.4 Å². The van der Waals surface area contributed by atoms with E-state index < -0.39 is 29.9 Å². The fourth-order valence-electron chi connectivity index (χ4n) is 3.30. The van der Waals surface area contributed by atoms with Gasteiger partial charge in [-0.15, -0.1) is 5.10 Å². The maximum atomic E-state index is 13.1. The summed E-state index contributed by atoms with van der Waals surface area (Å²) in [6.45, 7) is 1.50. The maximum Gasteiger partial charge on any atom is 0.393 e. The van der Waals surface area contributed by atoms with Gasteiger partial charge in [-0.25, -0.2) is 9.07 Å². The Morgan fingerprint density at radius 3 is 2.59 bits per heavy atom. The predicted molar refractivity (Wildman–Crippen MR) is 87.1 cm³/mol. The molecule has 0 N–H and O–H groups in total. The highest BCUT2D eigenvalue weighted by Crippen LogP contribution is 2.34. The number of carbonyl (C=O) groups excluding carboxylic acids is 1. The van der Waals surface area contributed by atoms with Crippen LogP contribution in [0, 0.1) is 18.7 Å². The standard InChI is InChI=1S/C17H19F4N5O/c1-11-22-23-24-26(11)15(9-12-4-6-14(18)7-5-12)16(27)25-8-2-3-13(10-25)17(19,20)21/h4-7,13,15H,2-3,8-10H2,1H3/t13-,15+/m0/s1. The monoisotopic (exact) mass is 385 g/mol. The molecule has 0 unspecified atom stereocenters. The van der Waals surface area contributed by atoms with Gasteiger partial charge in [0.2, 0.25) is 5.91 Å². The molecule has 0 saturated carbocycles. The molecule has 2 atom stereocenters. The Balaban J connectivity index is 1.85. The molecule has 1 saturated heterocycles. The summed E-state index contributed by atoms with van der Waals surface area (Å²) >= 11 is 0. The highest BCUT2D eigenvalue weighted by Gasteiger charge is 2.43. The molecule has 1 fully saturated rings. The number of hydrogen-bond donors (Lipinski definition) is 0.